The van der Waals surface area contributed by atoms with Crippen molar-refractivity contribution >= 4 is 33.2 Å². The minimum Gasteiger partial charge on any atom is -0.494 e. The Morgan fingerprint density at radius 2 is 1.58 bits per heavy atom. The van der Waals surface area contributed by atoms with E-state index in [0.29, 0.717) is 15.8 Å². The van der Waals surface area contributed by atoms with E-state index in [9.17, 15) is 8.42 Å². The molecule has 26 heavy (non-hydrogen) atoms. The SMILES string of the molecule is COc1c(Cl)cc(-n2c(C)ccc2-c2ccc(S(N)(=O)=O)cc2)cc1Cl. The number of ether oxygens (including phenoxy) is 1. The van der Waals surface area contributed by atoms with Crippen molar-refractivity contribution < 1.29 is 13.2 Å². The first kappa shape index (κ1) is 18.8. The van der Waals surface area contributed by atoms with Crippen molar-refractivity contribution in [1.82, 2.24) is 4.57 Å². The predicted octanol–water partition coefficient (Wildman–Crippen LogP) is 4.42. The van der Waals surface area contributed by atoms with Gasteiger partial charge in [0.05, 0.1) is 27.7 Å². The summed E-state index contributed by atoms with van der Waals surface area (Å²) in [6, 6.07) is 13.8. The van der Waals surface area contributed by atoms with E-state index < -0.39 is 10.0 Å². The van der Waals surface area contributed by atoms with E-state index in [0.717, 1.165) is 22.6 Å². The van der Waals surface area contributed by atoms with Crippen molar-refractivity contribution in [3.05, 3.63) is 64.3 Å². The zero-order valence-corrected chi connectivity index (χ0v) is 16.4. The highest BCUT2D eigenvalue weighted by molar-refractivity contribution is 7.89. The molecule has 0 unspecified atom stereocenters. The van der Waals surface area contributed by atoms with Gasteiger partial charge in [0.15, 0.2) is 5.75 Å². The minimum atomic E-state index is -3.73. The number of hydrogen-bond donors (Lipinski definition) is 1. The van der Waals surface area contributed by atoms with Crippen molar-refractivity contribution in [1.29, 1.82) is 0 Å². The lowest BCUT2D eigenvalue weighted by molar-refractivity contribution is 0.415. The number of benzene rings is 2. The molecule has 8 heteroatoms. The first-order valence-corrected chi connectivity index (χ1v) is 9.87. The number of halogens is 2. The normalized spacial score (nSPS) is 11.6. The van der Waals surface area contributed by atoms with Gasteiger partial charge in [0.25, 0.3) is 0 Å². The molecule has 0 atom stereocenters. The number of sulfonamides is 1. The van der Waals surface area contributed by atoms with Gasteiger partial charge in [-0.15, -0.1) is 0 Å². The summed E-state index contributed by atoms with van der Waals surface area (Å²) in [7, 11) is -2.23. The average Bonchev–Trinajstić information content (AvgIpc) is 2.95. The molecule has 0 aliphatic carbocycles. The zero-order chi connectivity index (χ0) is 19.1. The molecule has 0 aliphatic rings. The molecule has 0 fully saturated rings. The van der Waals surface area contributed by atoms with Crippen LogP contribution in [0.1, 0.15) is 5.69 Å². The third-order valence-corrected chi connectivity index (χ3v) is 5.49. The Hall–Kier alpha value is -1.99. The third-order valence-electron chi connectivity index (χ3n) is 4.00. The first-order chi connectivity index (χ1) is 12.2. The highest BCUT2D eigenvalue weighted by atomic mass is 35.5. The van der Waals surface area contributed by atoms with Gasteiger partial charge < -0.3 is 9.30 Å². The summed E-state index contributed by atoms with van der Waals surface area (Å²) < 4.78 is 30.1. The number of hydrogen-bond acceptors (Lipinski definition) is 3. The molecule has 1 aromatic heterocycles. The van der Waals surface area contributed by atoms with E-state index in [1.807, 2.05) is 23.6 Å². The standard InChI is InChI=1S/C18H16Cl2N2O3S/c1-11-3-8-17(12-4-6-14(7-5-12)26(21,23)24)22(11)13-9-15(19)18(25-2)16(20)10-13/h3-10H,1-2H3,(H2,21,23,24). The first-order valence-electron chi connectivity index (χ1n) is 7.57. The molecule has 0 radical (unpaired) electrons. The third kappa shape index (κ3) is 3.46. The summed E-state index contributed by atoms with van der Waals surface area (Å²) in [6.45, 7) is 1.95. The molecule has 2 aromatic carbocycles. The van der Waals surface area contributed by atoms with E-state index in [2.05, 4.69) is 0 Å². The molecule has 0 amide bonds. The van der Waals surface area contributed by atoms with Gasteiger partial charge in [-0.05, 0) is 48.9 Å². The predicted molar refractivity (Wildman–Crippen MR) is 104 cm³/mol. The largest absolute Gasteiger partial charge is 0.494 e. The van der Waals surface area contributed by atoms with Crippen molar-refractivity contribution in [2.75, 3.05) is 7.11 Å². The van der Waals surface area contributed by atoms with E-state index >= 15 is 0 Å². The number of nitrogens with zero attached hydrogens (tertiary/aromatic N) is 1. The molecular weight excluding hydrogens is 395 g/mol. The maximum atomic E-state index is 11.4. The Balaban J connectivity index is 2.14. The van der Waals surface area contributed by atoms with E-state index in [-0.39, 0.29) is 4.90 Å². The van der Waals surface area contributed by atoms with Gasteiger partial charge in [-0.3, -0.25) is 0 Å². The maximum Gasteiger partial charge on any atom is 0.238 e. The van der Waals surface area contributed by atoms with Crippen molar-refractivity contribution in [2.24, 2.45) is 5.14 Å². The van der Waals surface area contributed by atoms with Gasteiger partial charge in [-0.1, -0.05) is 35.3 Å². The number of rotatable bonds is 4. The number of primary sulfonamides is 1. The molecule has 0 saturated carbocycles. The van der Waals surface area contributed by atoms with Gasteiger partial charge in [0.2, 0.25) is 10.0 Å². The van der Waals surface area contributed by atoms with Gasteiger partial charge in [-0.25, -0.2) is 13.6 Å². The number of aromatic nitrogens is 1. The molecule has 3 aromatic rings. The fourth-order valence-corrected chi connectivity index (χ4v) is 3.94. The Morgan fingerprint density at radius 1 is 1.00 bits per heavy atom. The fourth-order valence-electron chi connectivity index (χ4n) is 2.79. The minimum absolute atomic E-state index is 0.0617. The van der Waals surface area contributed by atoms with Crippen LogP contribution in [-0.2, 0) is 10.0 Å². The quantitative estimate of drug-likeness (QED) is 0.691. The van der Waals surface area contributed by atoms with Crippen LogP contribution in [0.5, 0.6) is 5.75 Å². The van der Waals surface area contributed by atoms with E-state index in [4.69, 9.17) is 33.1 Å². The molecule has 3 rings (SSSR count). The number of aryl methyl sites for hydroxylation is 1. The summed E-state index contributed by atoms with van der Waals surface area (Å²) in [5, 5.41) is 5.96. The zero-order valence-electron chi connectivity index (χ0n) is 14.0. The summed E-state index contributed by atoms with van der Waals surface area (Å²) in [6.07, 6.45) is 0. The molecule has 0 aliphatic heterocycles. The Labute approximate surface area is 162 Å². The van der Waals surface area contributed by atoms with Crippen LogP contribution in [0, 0.1) is 6.92 Å². The van der Waals surface area contributed by atoms with Crippen LogP contribution < -0.4 is 9.88 Å². The molecule has 0 saturated heterocycles. The molecule has 0 spiro atoms. The number of nitrogens with two attached hydrogens (primary N) is 1. The smallest absolute Gasteiger partial charge is 0.238 e. The van der Waals surface area contributed by atoms with E-state index in [1.165, 1.54) is 19.2 Å². The molecule has 136 valence electrons. The van der Waals surface area contributed by atoms with Crippen molar-refractivity contribution in [2.45, 2.75) is 11.8 Å². The molecular formula is C18H16Cl2N2O3S. The summed E-state index contributed by atoms with van der Waals surface area (Å²) in [5.74, 6) is 0.418. The average molecular weight is 411 g/mol. The second-order valence-corrected chi connectivity index (χ2v) is 8.08. The van der Waals surface area contributed by atoms with Crippen LogP contribution in [0.15, 0.2) is 53.4 Å². The lowest BCUT2D eigenvalue weighted by Gasteiger charge is -2.15. The van der Waals surface area contributed by atoms with Crippen LogP contribution in [0.3, 0.4) is 0 Å². The van der Waals surface area contributed by atoms with Crippen LogP contribution in [0.4, 0.5) is 0 Å². The Kier molecular flexibility index (Phi) is 5.03. The topological polar surface area (TPSA) is 74.3 Å². The number of methoxy groups -OCH3 is 1. The summed E-state index contributed by atoms with van der Waals surface area (Å²) >= 11 is 12.5. The molecule has 5 nitrogen and oxygen atoms in total. The summed E-state index contributed by atoms with van der Waals surface area (Å²) in [4.78, 5) is 0.0617. The molecule has 0 bridgehead atoms. The van der Waals surface area contributed by atoms with Crippen LogP contribution in [0.25, 0.3) is 16.9 Å². The van der Waals surface area contributed by atoms with Crippen LogP contribution in [-0.4, -0.2) is 20.1 Å². The Bertz CT molecular complexity index is 1050. The fraction of sp³-hybridized carbons (Fsp3) is 0.111. The van der Waals surface area contributed by atoms with Crippen LogP contribution in [0.2, 0.25) is 10.0 Å². The monoisotopic (exact) mass is 410 g/mol. The summed E-state index contributed by atoms with van der Waals surface area (Å²) in [5.41, 5.74) is 3.43. The Morgan fingerprint density at radius 3 is 2.08 bits per heavy atom. The van der Waals surface area contributed by atoms with Crippen LogP contribution >= 0.6 is 23.2 Å². The molecule has 1 heterocycles. The lowest BCUT2D eigenvalue weighted by Crippen LogP contribution is -2.11. The van der Waals surface area contributed by atoms with Gasteiger partial charge in [-0.2, -0.15) is 0 Å². The van der Waals surface area contributed by atoms with Gasteiger partial charge in [0.1, 0.15) is 0 Å². The molecule has 2 N–H and O–H groups in total. The second kappa shape index (κ2) is 6.96. The highest BCUT2D eigenvalue weighted by Crippen LogP contribution is 2.37. The van der Waals surface area contributed by atoms with E-state index in [1.54, 1.807) is 24.3 Å². The van der Waals surface area contributed by atoms with Gasteiger partial charge in [0, 0.05) is 11.4 Å². The van der Waals surface area contributed by atoms with Crippen molar-refractivity contribution in [3.8, 4) is 22.7 Å². The second-order valence-electron chi connectivity index (χ2n) is 5.71. The highest BCUT2D eigenvalue weighted by Gasteiger charge is 2.15. The lowest BCUT2D eigenvalue weighted by atomic mass is 10.1. The maximum absolute atomic E-state index is 11.4. The van der Waals surface area contributed by atoms with Gasteiger partial charge >= 0.3 is 0 Å². The van der Waals surface area contributed by atoms with Crippen molar-refractivity contribution in [3.63, 3.8) is 0 Å².